The number of ether oxygens (including phenoxy) is 2. The van der Waals surface area contributed by atoms with Crippen molar-refractivity contribution in [1.82, 2.24) is 4.90 Å². The number of halogens is 1. The number of carbonyl (C=O) groups excluding carboxylic acids is 2. The van der Waals surface area contributed by atoms with Crippen molar-refractivity contribution in [2.75, 3.05) is 7.11 Å². The molecule has 1 atom stereocenters. The number of imide groups is 1. The molecule has 1 aliphatic heterocycles. The predicted octanol–water partition coefficient (Wildman–Crippen LogP) is 5.78. The SMILES string of the molecule is CC[C@@H](C)N1C(=O)S/C(=C/c2cc(OC)c(OCc3cccc([N+](=O)[O-])c3)cc2Br)C1=O. The van der Waals surface area contributed by atoms with Gasteiger partial charge in [0.05, 0.1) is 16.9 Å². The van der Waals surface area contributed by atoms with E-state index in [1.807, 2.05) is 13.8 Å². The first-order valence-electron chi connectivity index (χ1n) is 9.75. The molecule has 1 fully saturated rings. The molecular weight excluding hydrogens is 500 g/mol. The van der Waals surface area contributed by atoms with Crippen LogP contribution in [0.1, 0.15) is 31.4 Å². The zero-order valence-corrected chi connectivity index (χ0v) is 20.1. The van der Waals surface area contributed by atoms with Crippen molar-refractivity contribution in [2.45, 2.75) is 32.9 Å². The minimum atomic E-state index is -0.460. The van der Waals surface area contributed by atoms with Crippen molar-refractivity contribution in [3.05, 3.63) is 67.0 Å². The highest BCUT2D eigenvalue weighted by atomic mass is 79.9. The number of hydrogen-bond donors (Lipinski definition) is 0. The minimum absolute atomic E-state index is 0.0130. The third-order valence-corrected chi connectivity index (χ3v) is 6.51. The molecule has 2 aromatic carbocycles. The second-order valence-electron chi connectivity index (χ2n) is 7.05. The van der Waals surface area contributed by atoms with Crippen LogP contribution in [0.3, 0.4) is 0 Å². The molecule has 1 aliphatic rings. The van der Waals surface area contributed by atoms with Crippen LogP contribution in [0, 0.1) is 10.1 Å². The van der Waals surface area contributed by atoms with E-state index < -0.39 is 4.92 Å². The van der Waals surface area contributed by atoms with Crippen LogP contribution in [0.15, 0.2) is 45.8 Å². The number of nitro benzene ring substituents is 1. The second-order valence-corrected chi connectivity index (χ2v) is 8.90. The molecule has 0 aliphatic carbocycles. The molecule has 1 saturated heterocycles. The summed E-state index contributed by atoms with van der Waals surface area (Å²) in [5, 5.41) is 10.7. The summed E-state index contributed by atoms with van der Waals surface area (Å²) in [7, 11) is 1.49. The summed E-state index contributed by atoms with van der Waals surface area (Å²) in [6.45, 7) is 3.87. The van der Waals surface area contributed by atoms with Crippen LogP contribution in [-0.4, -0.2) is 34.1 Å². The average molecular weight is 521 g/mol. The lowest BCUT2D eigenvalue weighted by Gasteiger charge is -2.19. The molecule has 10 heteroatoms. The van der Waals surface area contributed by atoms with Gasteiger partial charge in [-0.25, -0.2) is 0 Å². The molecule has 2 amide bonds. The Morgan fingerprint density at radius 1 is 1.25 bits per heavy atom. The van der Waals surface area contributed by atoms with Crippen LogP contribution in [0.4, 0.5) is 10.5 Å². The quantitative estimate of drug-likeness (QED) is 0.247. The summed E-state index contributed by atoms with van der Waals surface area (Å²) in [6, 6.07) is 9.42. The standard InChI is InChI=1S/C22H21BrN2O6S/c1-4-13(2)24-21(26)20(32-22(24)27)10-15-9-18(30-3)19(11-17(15)23)31-12-14-6-5-7-16(8-14)25(28)29/h5-11,13H,4,12H2,1-3H3/b20-10+/t13-/m1/s1. The molecule has 3 rings (SSSR count). The number of amides is 2. The van der Waals surface area contributed by atoms with Gasteiger partial charge in [0.2, 0.25) is 0 Å². The highest BCUT2D eigenvalue weighted by molar-refractivity contribution is 9.10. The third kappa shape index (κ3) is 5.13. The molecule has 0 bridgehead atoms. The molecule has 0 radical (unpaired) electrons. The lowest BCUT2D eigenvalue weighted by atomic mass is 10.1. The van der Waals surface area contributed by atoms with Crippen LogP contribution in [0.25, 0.3) is 6.08 Å². The molecule has 0 unspecified atom stereocenters. The van der Waals surface area contributed by atoms with E-state index in [1.165, 1.54) is 24.1 Å². The van der Waals surface area contributed by atoms with E-state index in [0.29, 0.717) is 38.4 Å². The van der Waals surface area contributed by atoms with E-state index in [0.717, 1.165) is 11.8 Å². The maximum absolute atomic E-state index is 12.7. The van der Waals surface area contributed by atoms with Crippen LogP contribution >= 0.6 is 27.7 Å². The Kier molecular flexibility index (Phi) is 7.57. The Balaban J connectivity index is 1.83. The Labute approximate surface area is 197 Å². The van der Waals surface area contributed by atoms with Gasteiger partial charge in [-0.05, 0) is 54.4 Å². The van der Waals surface area contributed by atoms with Crippen molar-refractivity contribution in [3.63, 3.8) is 0 Å². The molecule has 32 heavy (non-hydrogen) atoms. The maximum Gasteiger partial charge on any atom is 0.293 e. The summed E-state index contributed by atoms with van der Waals surface area (Å²) in [5.74, 6) is 0.535. The largest absolute Gasteiger partial charge is 0.493 e. The van der Waals surface area contributed by atoms with Gasteiger partial charge in [0, 0.05) is 22.6 Å². The van der Waals surface area contributed by atoms with Gasteiger partial charge in [-0.15, -0.1) is 0 Å². The Morgan fingerprint density at radius 2 is 2.00 bits per heavy atom. The van der Waals surface area contributed by atoms with Gasteiger partial charge < -0.3 is 9.47 Å². The van der Waals surface area contributed by atoms with Gasteiger partial charge in [-0.1, -0.05) is 35.0 Å². The first-order chi connectivity index (χ1) is 15.2. The highest BCUT2D eigenvalue weighted by Gasteiger charge is 2.37. The smallest absolute Gasteiger partial charge is 0.293 e. The number of hydrogen-bond acceptors (Lipinski definition) is 7. The number of nitrogens with zero attached hydrogens (tertiary/aromatic N) is 2. The van der Waals surface area contributed by atoms with E-state index in [4.69, 9.17) is 9.47 Å². The van der Waals surface area contributed by atoms with Crippen molar-refractivity contribution in [3.8, 4) is 11.5 Å². The fraction of sp³-hybridized carbons (Fsp3) is 0.273. The fourth-order valence-electron chi connectivity index (χ4n) is 3.04. The van der Waals surface area contributed by atoms with Crippen molar-refractivity contribution >= 4 is 50.6 Å². The number of thioether (sulfide) groups is 1. The lowest BCUT2D eigenvalue weighted by molar-refractivity contribution is -0.384. The maximum atomic E-state index is 12.7. The van der Waals surface area contributed by atoms with Crippen molar-refractivity contribution < 1.29 is 24.0 Å². The molecule has 0 spiro atoms. The normalized spacial score (nSPS) is 15.9. The van der Waals surface area contributed by atoms with Gasteiger partial charge >= 0.3 is 0 Å². The van der Waals surface area contributed by atoms with Crippen LogP contribution in [-0.2, 0) is 11.4 Å². The number of nitro groups is 1. The summed E-state index contributed by atoms with van der Waals surface area (Å²) in [6.07, 6.45) is 2.32. The van der Waals surface area contributed by atoms with Gasteiger partial charge in [0.25, 0.3) is 16.8 Å². The lowest BCUT2D eigenvalue weighted by Crippen LogP contribution is -2.36. The fourth-order valence-corrected chi connectivity index (χ4v) is 4.40. The first-order valence-corrected chi connectivity index (χ1v) is 11.4. The average Bonchev–Trinajstić information content (AvgIpc) is 3.06. The molecule has 0 saturated carbocycles. The zero-order valence-electron chi connectivity index (χ0n) is 17.7. The number of non-ortho nitro benzene ring substituents is 1. The van der Waals surface area contributed by atoms with Crippen molar-refractivity contribution in [1.29, 1.82) is 0 Å². The van der Waals surface area contributed by atoms with Gasteiger partial charge in [0.15, 0.2) is 11.5 Å². The molecule has 0 aromatic heterocycles. The number of rotatable bonds is 8. The van der Waals surface area contributed by atoms with Gasteiger partial charge in [-0.3, -0.25) is 24.6 Å². The van der Waals surface area contributed by atoms with Gasteiger partial charge in [0.1, 0.15) is 6.61 Å². The summed E-state index contributed by atoms with van der Waals surface area (Å²) in [5.41, 5.74) is 1.28. The van der Waals surface area contributed by atoms with E-state index in [2.05, 4.69) is 15.9 Å². The Bertz CT molecular complexity index is 1100. The Hall–Kier alpha value is -2.85. The molecule has 1 heterocycles. The van der Waals surface area contributed by atoms with Gasteiger partial charge in [-0.2, -0.15) is 0 Å². The van der Waals surface area contributed by atoms with E-state index in [1.54, 1.807) is 30.3 Å². The second kappa shape index (κ2) is 10.2. The summed E-state index contributed by atoms with van der Waals surface area (Å²) < 4.78 is 11.9. The van der Waals surface area contributed by atoms with E-state index in [-0.39, 0.29) is 29.5 Å². The molecule has 0 N–H and O–H groups in total. The Morgan fingerprint density at radius 3 is 2.66 bits per heavy atom. The third-order valence-electron chi connectivity index (χ3n) is 4.94. The first kappa shape index (κ1) is 23.8. The number of benzene rings is 2. The van der Waals surface area contributed by atoms with E-state index in [9.17, 15) is 19.7 Å². The van der Waals surface area contributed by atoms with Crippen LogP contribution in [0.5, 0.6) is 11.5 Å². The summed E-state index contributed by atoms with van der Waals surface area (Å²) >= 11 is 4.39. The zero-order chi connectivity index (χ0) is 23.4. The summed E-state index contributed by atoms with van der Waals surface area (Å²) in [4.78, 5) is 37.1. The monoisotopic (exact) mass is 520 g/mol. The van der Waals surface area contributed by atoms with Crippen molar-refractivity contribution in [2.24, 2.45) is 0 Å². The molecule has 8 nitrogen and oxygen atoms in total. The van der Waals surface area contributed by atoms with E-state index >= 15 is 0 Å². The molecule has 2 aromatic rings. The highest BCUT2D eigenvalue weighted by Crippen LogP contribution is 2.39. The topological polar surface area (TPSA) is 99.0 Å². The predicted molar refractivity (Wildman–Crippen MR) is 126 cm³/mol. The number of carbonyl (C=O) groups is 2. The molecular formula is C22H21BrN2O6S. The number of methoxy groups -OCH3 is 1. The minimum Gasteiger partial charge on any atom is -0.493 e. The van der Waals surface area contributed by atoms with Crippen LogP contribution < -0.4 is 9.47 Å². The van der Waals surface area contributed by atoms with Crippen LogP contribution in [0.2, 0.25) is 0 Å². The molecule has 168 valence electrons.